The van der Waals surface area contributed by atoms with E-state index < -0.39 is 11.5 Å². The fourth-order valence-corrected chi connectivity index (χ4v) is 9.45. The summed E-state index contributed by atoms with van der Waals surface area (Å²) in [6.07, 6.45) is 7.31. The van der Waals surface area contributed by atoms with Gasteiger partial charge in [-0.15, -0.1) is 0 Å². The molecule has 34 heavy (non-hydrogen) atoms. The largest absolute Gasteiger partial charge is 0.393 e. The Hall–Kier alpha value is -1.00. The Morgan fingerprint density at radius 3 is 2.26 bits per heavy atom. The van der Waals surface area contributed by atoms with Crippen LogP contribution < -0.4 is 0 Å². The molecule has 0 aliphatic heterocycles. The summed E-state index contributed by atoms with van der Waals surface area (Å²) in [7, 11) is 0. The van der Waals surface area contributed by atoms with E-state index in [2.05, 4.69) is 40.7 Å². The van der Waals surface area contributed by atoms with Gasteiger partial charge >= 0.3 is 0 Å². The van der Waals surface area contributed by atoms with Crippen molar-refractivity contribution >= 4 is 11.6 Å². The van der Waals surface area contributed by atoms with Crippen molar-refractivity contribution in [3.8, 4) is 0 Å². The van der Waals surface area contributed by atoms with Gasteiger partial charge in [0.15, 0.2) is 5.78 Å². The molecule has 192 valence electrons. The molecule has 4 aliphatic rings. The van der Waals surface area contributed by atoms with Crippen LogP contribution in [0.25, 0.3) is 0 Å². The molecular formula is C30H48O4. The van der Waals surface area contributed by atoms with Crippen LogP contribution in [0.5, 0.6) is 0 Å². The van der Waals surface area contributed by atoms with E-state index in [-0.39, 0.29) is 51.7 Å². The second-order valence-electron chi connectivity index (χ2n) is 14.1. The minimum absolute atomic E-state index is 0.00751. The van der Waals surface area contributed by atoms with Gasteiger partial charge in [0.1, 0.15) is 0 Å². The van der Waals surface area contributed by atoms with Crippen LogP contribution in [-0.2, 0) is 9.59 Å². The van der Waals surface area contributed by atoms with Crippen molar-refractivity contribution in [1.29, 1.82) is 0 Å². The molecule has 0 amide bonds. The average molecular weight is 473 g/mol. The minimum Gasteiger partial charge on any atom is -0.393 e. The summed E-state index contributed by atoms with van der Waals surface area (Å²) in [6.45, 7) is 17.3. The summed E-state index contributed by atoms with van der Waals surface area (Å²) in [5, 5.41) is 22.6. The number of Topliss-reactive ketones (excluding diaryl/α,β-unsaturated/α-hetero) is 2. The van der Waals surface area contributed by atoms with E-state index >= 15 is 0 Å². The highest BCUT2D eigenvalue weighted by atomic mass is 16.3. The number of allylic oxidation sites excluding steroid dienone is 2. The monoisotopic (exact) mass is 472 g/mol. The van der Waals surface area contributed by atoms with E-state index in [1.54, 1.807) is 0 Å². The summed E-state index contributed by atoms with van der Waals surface area (Å²) in [6, 6.07) is 0. The van der Waals surface area contributed by atoms with Gasteiger partial charge in [0, 0.05) is 17.8 Å². The van der Waals surface area contributed by atoms with Crippen molar-refractivity contribution in [1.82, 2.24) is 0 Å². The van der Waals surface area contributed by atoms with Gasteiger partial charge in [-0.1, -0.05) is 67.0 Å². The number of carbonyl (C=O) groups excluding carboxylic acids is 2. The molecule has 4 rings (SSSR count). The maximum absolute atomic E-state index is 13.1. The zero-order chi connectivity index (χ0) is 25.4. The van der Waals surface area contributed by atoms with Gasteiger partial charge in [-0.25, -0.2) is 0 Å². The summed E-state index contributed by atoms with van der Waals surface area (Å²) < 4.78 is 0. The van der Waals surface area contributed by atoms with Gasteiger partial charge in [-0.2, -0.15) is 0 Å². The molecule has 2 N–H and O–H groups in total. The topological polar surface area (TPSA) is 74.6 Å². The highest BCUT2D eigenvalue weighted by Gasteiger charge is 2.68. The predicted molar refractivity (Wildman–Crippen MR) is 135 cm³/mol. The van der Waals surface area contributed by atoms with Crippen LogP contribution >= 0.6 is 0 Å². The highest BCUT2D eigenvalue weighted by Crippen LogP contribution is 2.73. The first kappa shape index (κ1) is 26.1. The Labute approximate surface area is 207 Å². The summed E-state index contributed by atoms with van der Waals surface area (Å²) >= 11 is 0. The van der Waals surface area contributed by atoms with E-state index in [4.69, 9.17) is 0 Å². The summed E-state index contributed by atoms with van der Waals surface area (Å²) in [5.74, 6) is 0.0221. The Balaban J connectivity index is 1.70. The smallest absolute Gasteiger partial charge is 0.201 e. The fraction of sp³-hybridized carbons (Fsp3) is 0.867. The molecule has 4 heteroatoms. The molecule has 0 radical (unpaired) electrons. The van der Waals surface area contributed by atoms with Crippen molar-refractivity contribution in [2.75, 3.05) is 0 Å². The number of aliphatic hydroxyl groups excluding tert-OH is 2. The van der Waals surface area contributed by atoms with Crippen molar-refractivity contribution in [2.45, 2.75) is 113 Å². The number of hydrogen-bond acceptors (Lipinski definition) is 4. The third-order valence-corrected chi connectivity index (χ3v) is 11.8. The zero-order valence-corrected chi connectivity index (χ0v) is 22.8. The maximum atomic E-state index is 13.1. The molecule has 0 aromatic carbocycles. The molecule has 9 atom stereocenters. The van der Waals surface area contributed by atoms with Crippen LogP contribution in [0.4, 0.5) is 0 Å². The molecular weight excluding hydrogens is 424 g/mol. The molecule has 0 heterocycles. The molecule has 0 spiro atoms. The van der Waals surface area contributed by atoms with Crippen LogP contribution in [0, 0.1) is 51.2 Å². The lowest BCUT2D eigenvalue weighted by Gasteiger charge is -2.65. The van der Waals surface area contributed by atoms with Gasteiger partial charge in [-0.05, 0) is 78.4 Å². The lowest BCUT2D eigenvalue weighted by Crippen LogP contribution is -2.61. The number of rotatable bonds is 5. The van der Waals surface area contributed by atoms with Crippen molar-refractivity contribution in [3.63, 3.8) is 0 Å². The molecule has 4 aliphatic carbocycles. The Kier molecular flexibility index (Phi) is 6.34. The van der Waals surface area contributed by atoms with Gasteiger partial charge in [0.25, 0.3) is 0 Å². The molecule has 0 aromatic heterocycles. The number of fused-ring (bicyclic) bond motifs is 5. The van der Waals surface area contributed by atoms with Crippen molar-refractivity contribution in [3.05, 3.63) is 11.6 Å². The zero-order valence-electron chi connectivity index (χ0n) is 22.8. The summed E-state index contributed by atoms with van der Waals surface area (Å²) in [5.41, 5.74) is 0.809. The quantitative estimate of drug-likeness (QED) is 0.395. The first-order valence-corrected chi connectivity index (χ1v) is 13.8. The van der Waals surface area contributed by atoms with Crippen molar-refractivity contribution in [2.24, 2.45) is 51.2 Å². The number of aliphatic hydroxyl groups is 2. The van der Waals surface area contributed by atoms with Gasteiger partial charge < -0.3 is 10.2 Å². The fourth-order valence-electron chi connectivity index (χ4n) is 9.45. The third-order valence-electron chi connectivity index (χ3n) is 11.8. The van der Waals surface area contributed by atoms with Gasteiger partial charge in [-0.3, -0.25) is 9.59 Å². The van der Waals surface area contributed by atoms with Crippen LogP contribution in [0.15, 0.2) is 11.6 Å². The van der Waals surface area contributed by atoms with Crippen LogP contribution in [-0.4, -0.2) is 34.0 Å². The molecule has 0 unspecified atom stereocenters. The lowest BCUT2D eigenvalue weighted by atomic mass is 9.40. The van der Waals surface area contributed by atoms with Crippen molar-refractivity contribution < 1.29 is 19.8 Å². The molecule has 0 aromatic rings. The highest BCUT2D eigenvalue weighted by molar-refractivity contribution is 6.38. The van der Waals surface area contributed by atoms with Crippen LogP contribution in [0.1, 0.15) is 100 Å². The number of carbonyl (C=O) groups is 2. The molecule has 4 nitrogen and oxygen atoms in total. The first-order chi connectivity index (χ1) is 15.6. The number of hydrogen-bond donors (Lipinski definition) is 2. The summed E-state index contributed by atoms with van der Waals surface area (Å²) in [4.78, 5) is 25.8. The Morgan fingerprint density at radius 2 is 1.65 bits per heavy atom. The second-order valence-corrected chi connectivity index (χ2v) is 14.1. The Bertz CT molecular complexity index is 886. The Morgan fingerprint density at radius 1 is 1.00 bits per heavy atom. The van der Waals surface area contributed by atoms with Gasteiger partial charge in [0.05, 0.1) is 12.2 Å². The van der Waals surface area contributed by atoms with Crippen LogP contribution in [0.3, 0.4) is 0 Å². The van der Waals surface area contributed by atoms with E-state index in [1.165, 1.54) is 5.57 Å². The lowest BCUT2D eigenvalue weighted by molar-refractivity contribution is -0.161. The number of ketones is 2. The minimum atomic E-state index is -0.506. The molecule has 3 fully saturated rings. The van der Waals surface area contributed by atoms with E-state index in [9.17, 15) is 19.8 Å². The van der Waals surface area contributed by atoms with Gasteiger partial charge in [0.2, 0.25) is 5.78 Å². The first-order valence-electron chi connectivity index (χ1n) is 13.8. The molecule has 0 saturated heterocycles. The third kappa shape index (κ3) is 3.37. The SMILES string of the molecule is CC(C)CC(=O)C(=O)[C@H](C)[C@@H]1CC[C@]2(C)C3=CC[C@H]4C(C)(C)[C@@H](O)CC[C@]4(C)[C@H]3C[C@@H](O)[C@@]12C. The van der Waals surface area contributed by atoms with Crippen LogP contribution in [0.2, 0.25) is 0 Å². The average Bonchev–Trinajstić information content (AvgIpc) is 3.03. The second kappa shape index (κ2) is 8.26. The standard InChI is InChI=1S/C30H48O4/c1-17(2)15-22(31)26(34)18(3)19-11-14-29(7)20-9-10-23-27(4,5)24(32)12-13-28(23,6)21(20)16-25(33)30(19,29)8/h9,17-19,21,23-25,32-33H,10-16H2,1-8H3/t18-,19+,21+,23+,24+,25-,28-,29-,30-/m1/s1. The van der Waals surface area contributed by atoms with E-state index in [1.807, 2.05) is 20.8 Å². The van der Waals surface area contributed by atoms with E-state index in [0.717, 1.165) is 32.1 Å². The molecule has 0 bridgehead atoms. The maximum Gasteiger partial charge on any atom is 0.201 e. The normalized spacial score (nSPS) is 46.2. The predicted octanol–water partition coefficient (Wildman–Crippen LogP) is 5.74. The molecule has 3 saturated carbocycles. The van der Waals surface area contributed by atoms with E-state index in [0.29, 0.717) is 24.7 Å².